The summed E-state index contributed by atoms with van der Waals surface area (Å²) in [7, 11) is 0. The van der Waals surface area contributed by atoms with Gasteiger partial charge in [0.2, 0.25) is 5.91 Å². The summed E-state index contributed by atoms with van der Waals surface area (Å²) in [6.07, 6.45) is 0.271. The van der Waals surface area contributed by atoms with Crippen molar-refractivity contribution in [1.29, 1.82) is 0 Å². The second kappa shape index (κ2) is 7.34. The summed E-state index contributed by atoms with van der Waals surface area (Å²) >= 11 is 0. The summed E-state index contributed by atoms with van der Waals surface area (Å²) in [5.74, 6) is 0.781. The van der Waals surface area contributed by atoms with Crippen molar-refractivity contribution in [1.82, 2.24) is 25.7 Å². The molecule has 0 unspecified atom stereocenters. The molecule has 1 aromatic carbocycles. The molecular formula is C20H25N5O2. The van der Waals surface area contributed by atoms with Crippen molar-refractivity contribution < 1.29 is 9.32 Å². The Kier molecular flexibility index (Phi) is 5.12. The maximum atomic E-state index is 12.2. The normalized spacial score (nSPS) is 11.6. The molecule has 1 amide bonds. The minimum atomic E-state index is -0.108. The van der Waals surface area contributed by atoms with Crippen molar-refractivity contribution in [3.63, 3.8) is 0 Å². The molecule has 7 nitrogen and oxygen atoms in total. The summed E-state index contributed by atoms with van der Waals surface area (Å²) in [5.41, 5.74) is 4.85. The first kappa shape index (κ1) is 18.8. The molecule has 3 aromatic rings. The van der Waals surface area contributed by atoms with Crippen molar-refractivity contribution >= 4 is 5.91 Å². The van der Waals surface area contributed by atoms with Gasteiger partial charge in [0.05, 0.1) is 18.7 Å². The van der Waals surface area contributed by atoms with E-state index in [1.54, 1.807) is 0 Å². The van der Waals surface area contributed by atoms with Crippen LogP contribution in [0.15, 0.2) is 28.8 Å². The third kappa shape index (κ3) is 4.42. The van der Waals surface area contributed by atoms with Gasteiger partial charge in [-0.3, -0.25) is 9.89 Å². The lowest BCUT2D eigenvalue weighted by atomic mass is 9.87. The van der Waals surface area contributed by atoms with Crippen molar-refractivity contribution in [2.45, 2.75) is 53.0 Å². The van der Waals surface area contributed by atoms with E-state index in [4.69, 9.17) is 4.52 Å². The fraction of sp³-hybridized carbons (Fsp3) is 0.400. The van der Waals surface area contributed by atoms with Crippen LogP contribution < -0.4 is 5.32 Å². The number of nitrogens with one attached hydrogen (secondary N) is 2. The Hall–Kier alpha value is -2.96. The highest BCUT2D eigenvalue weighted by atomic mass is 16.5. The van der Waals surface area contributed by atoms with Crippen molar-refractivity contribution in [2.24, 2.45) is 0 Å². The molecule has 0 atom stereocenters. The molecule has 3 rings (SSSR count). The number of H-pyrrole nitrogens is 1. The molecule has 0 saturated carbocycles. The molecule has 7 heteroatoms. The highest BCUT2D eigenvalue weighted by Crippen LogP contribution is 2.25. The molecule has 0 radical (unpaired) electrons. The van der Waals surface area contributed by atoms with E-state index in [0.29, 0.717) is 11.7 Å². The van der Waals surface area contributed by atoms with Crippen LogP contribution in [0.1, 0.15) is 49.1 Å². The lowest BCUT2D eigenvalue weighted by Gasteiger charge is -2.18. The van der Waals surface area contributed by atoms with Gasteiger partial charge in [0.25, 0.3) is 5.89 Å². The number of carbonyl (C=O) groups excluding carboxylic acids is 1. The molecule has 2 N–H and O–H groups in total. The van der Waals surface area contributed by atoms with E-state index in [1.807, 2.05) is 26.0 Å². The van der Waals surface area contributed by atoms with Gasteiger partial charge in [0.1, 0.15) is 0 Å². The van der Waals surface area contributed by atoms with Crippen LogP contribution in [0.5, 0.6) is 0 Å². The summed E-state index contributed by atoms with van der Waals surface area (Å²) < 4.78 is 5.33. The van der Waals surface area contributed by atoms with Crippen LogP contribution in [-0.4, -0.2) is 26.2 Å². The topological polar surface area (TPSA) is 96.7 Å². The fourth-order valence-corrected chi connectivity index (χ4v) is 2.79. The van der Waals surface area contributed by atoms with Crippen LogP contribution in [0, 0.1) is 13.8 Å². The highest BCUT2D eigenvalue weighted by Gasteiger charge is 2.16. The van der Waals surface area contributed by atoms with Gasteiger partial charge in [-0.15, -0.1) is 0 Å². The maximum absolute atomic E-state index is 12.2. The Balaban J connectivity index is 1.60. The van der Waals surface area contributed by atoms with Crippen molar-refractivity contribution in [2.75, 3.05) is 0 Å². The largest absolute Gasteiger partial charge is 0.348 e. The summed E-state index contributed by atoms with van der Waals surface area (Å²) in [4.78, 5) is 16.5. The summed E-state index contributed by atoms with van der Waals surface area (Å²) in [6, 6.07) is 8.08. The third-order valence-electron chi connectivity index (χ3n) is 4.53. The molecule has 27 heavy (non-hydrogen) atoms. The van der Waals surface area contributed by atoms with Crippen molar-refractivity contribution in [3.8, 4) is 11.5 Å². The summed E-state index contributed by atoms with van der Waals surface area (Å²) in [5, 5.41) is 13.8. The molecule has 0 fully saturated rings. The zero-order valence-corrected chi connectivity index (χ0v) is 16.4. The Morgan fingerprint density at radius 3 is 2.48 bits per heavy atom. The molecule has 2 heterocycles. The SMILES string of the molecule is Cc1n[nH]c(C)c1CC(=O)NCc1noc(-c2ccc(C(C)(C)C)cc2)n1. The number of aromatic nitrogens is 4. The van der Waals surface area contributed by atoms with E-state index in [-0.39, 0.29) is 24.3 Å². The minimum absolute atomic E-state index is 0.0918. The van der Waals surface area contributed by atoms with E-state index in [9.17, 15) is 4.79 Å². The lowest BCUT2D eigenvalue weighted by Crippen LogP contribution is -2.25. The molecule has 0 saturated heterocycles. The van der Waals surface area contributed by atoms with Crippen LogP contribution >= 0.6 is 0 Å². The standard InChI is InChI=1S/C20H25N5O2/c1-12-16(13(2)24-23-12)10-18(26)21-11-17-22-19(27-25-17)14-6-8-15(9-7-14)20(3,4)5/h6-9H,10-11H2,1-5H3,(H,21,26)(H,23,24). The van der Waals surface area contributed by atoms with E-state index in [0.717, 1.165) is 22.5 Å². The molecule has 0 aliphatic carbocycles. The Morgan fingerprint density at radius 1 is 1.19 bits per heavy atom. The molecule has 142 valence electrons. The predicted octanol–water partition coefficient (Wildman–Crippen LogP) is 3.23. The Morgan fingerprint density at radius 2 is 1.89 bits per heavy atom. The van der Waals surface area contributed by atoms with Gasteiger partial charge in [-0.2, -0.15) is 10.1 Å². The zero-order chi connectivity index (χ0) is 19.6. The van der Waals surface area contributed by atoms with Crippen LogP contribution in [-0.2, 0) is 23.2 Å². The maximum Gasteiger partial charge on any atom is 0.257 e. The van der Waals surface area contributed by atoms with Gasteiger partial charge in [0, 0.05) is 16.8 Å². The fourth-order valence-electron chi connectivity index (χ4n) is 2.79. The van der Waals surface area contributed by atoms with Crippen LogP contribution in [0.25, 0.3) is 11.5 Å². The second-order valence-electron chi connectivity index (χ2n) is 7.71. The van der Waals surface area contributed by atoms with E-state index >= 15 is 0 Å². The first-order valence-electron chi connectivity index (χ1n) is 8.94. The van der Waals surface area contributed by atoms with E-state index in [2.05, 4.69) is 58.6 Å². The Labute approximate surface area is 158 Å². The highest BCUT2D eigenvalue weighted by molar-refractivity contribution is 5.79. The molecular weight excluding hydrogens is 342 g/mol. The minimum Gasteiger partial charge on any atom is -0.348 e. The van der Waals surface area contributed by atoms with Gasteiger partial charge in [-0.25, -0.2) is 0 Å². The molecule has 0 aliphatic heterocycles. The molecule has 0 aliphatic rings. The number of amides is 1. The first-order chi connectivity index (χ1) is 12.7. The van der Waals surface area contributed by atoms with Crippen LogP contribution in [0.4, 0.5) is 0 Å². The quantitative estimate of drug-likeness (QED) is 0.722. The average Bonchev–Trinajstić information content (AvgIpc) is 3.21. The van der Waals surface area contributed by atoms with Crippen molar-refractivity contribution in [3.05, 3.63) is 52.6 Å². The number of carbonyl (C=O) groups is 1. The smallest absolute Gasteiger partial charge is 0.257 e. The Bertz CT molecular complexity index is 913. The number of hydrogen-bond donors (Lipinski definition) is 2. The van der Waals surface area contributed by atoms with Gasteiger partial charge in [-0.1, -0.05) is 38.1 Å². The summed E-state index contributed by atoms with van der Waals surface area (Å²) in [6.45, 7) is 10.5. The van der Waals surface area contributed by atoms with Gasteiger partial charge in [-0.05, 0) is 37.0 Å². The van der Waals surface area contributed by atoms with Gasteiger partial charge in [0.15, 0.2) is 5.82 Å². The predicted molar refractivity (Wildman–Crippen MR) is 102 cm³/mol. The molecule has 2 aromatic heterocycles. The number of nitrogens with zero attached hydrogens (tertiary/aromatic N) is 3. The third-order valence-corrected chi connectivity index (χ3v) is 4.53. The van der Waals surface area contributed by atoms with Gasteiger partial charge >= 0.3 is 0 Å². The second-order valence-corrected chi connectivity index (χ2v) is 7.71. The lowest BCUT2D eigenvalue weighted by molar-refractivity contribution is -0.120. The molecule has 0 spiro atoms. The van der Waals surface area contributed by atoms with Crippen LogP contribution in [0.2, 0.25) is 0 Å². The van der Waals surface area contributed by atoms with E-state index in [1.165, 1.54) is 5.56 Å². The number of aryl methyl sites for hydroxylation is 2. The van der Waals surface area contributed by atoms with E-state index < -0.39 is 0 Å². The number of benzene rings is 1. The molecule has 0 bridgehead atoms. The number of rotatable bonds is 5. The zero-order valence-electron chi connectivity index (χ0n) is 16.4. The first-order valence-corrected chi connectivity index (χ1v) is 8.94. The van der Waals surface area contributed by atoms with Crippen LogP contribution in [0.3, 0.4) is 0 Å². The average molecular weight is 367 g/mol. The van der Waals surface area contributed by atoms with Gasteiger partial charge < -0.3 is 9.84 Å². The monoisotopic (exact) mass is 367 g/mol. The number of hydrogen-bond acceptors (Lipinski definition) is 5. The number of aromatic amines is 1.